The fourth-order valence-corrected chi connectivity index (χ4v) is 3.58. The van der Waals surface area contributed by atoms with E-state index in [1.165, 1.54) is 0 Å². The molecule has 6 nitrogen and oxygen atoms in total. The van der Waals surface area contributed by atoms with Crippen LogP contribution >= 0.6 is 0 Å². The highest BCUT2D eigenvalue weighted by Gasteiger charge is 2.40. The van der Waals surface area contributed by atoms with Crippen LogP contribution < -0.4 is 4.72 Å². The van der Waals surface area contributed by atoms with Crippen LogP contribution in [-0.2, 0) is 10.0 Å². The number of sulfonamides is 1. The summed E-state index contributed by atoms with van der Waals surface area (Å²) in [5, 5.41) is 10.5. The molecule has 1 aliphatic rings. The molecule has 0 aromatic heterocycles. The molecule has 0 spiro atoms. The van der Waals surface area contributed by atoms with E-state index in [4.69, 9.17) is 0 Å². The van der Waals surface area contributed by atoms with Gasteiger partial charge < -0.3 is 0 Å². The van der Waals surface area contributed by atoms with E-state index >= 15 is 0 Å². The summed E-state index contributed by atoms with van der Waals surface area (Å²) in [5.41, 5.74) is -1.36. The number of nitro groups is 1. The first-order valence-corrected chi connectivity index (χ1v) is 7.60. The maximum Gasteiger partial charge on any atom is 0.304 e. The van der Waals surface area contributed by atoms with Crippen LogP contribution in [0.25, 0.3) is 0 Å². The van der Waals surface area contributed by atoms with Crippen LogP contribution in [0.4, 0.5) is 10.1 Å². The Bertz CT molecular complexity index is 653. The lowest BCUT2D eigenvalue weighted by Gasteiger charge is -2.25. The number of halogens is 1. The molecule has 0 unspecified atom stereocenters. The first-order valence-electron chi connectivity index (χ1n) is 6.11. The molecule has 0 atom stereocenters. The van der Waals surface area contributed by atoms with Crippen LogP contribution in [-0.4, -0.2) is 18.9 Å². The van der Waals surface area contributed by atoms with Gasteiger partial charge in [-0.3, -0.25) is 10.1 Å². The fraction of sp³-hybridized carbons (Fsp3) is 0.500. The van der Waals surface area contributed by atoms with Crippen LogP contribution in [0.5, 0.6) is 0 Å². The Morgan fingerprint density at radius 2 is 2.00 bits per heavy atom. The van der Waals surface area contributed by atoms with Crippen molar-refractivity contribution >= 4 is 15.7 Å². The maximum atomic E-state index is 13.5. The molecule has 20 heavy (non-hydrogen) atoms. The number of hydrogen-bond acceptors (Lipinski definition) is 4. The van der Waals surface area contributed by atoms with Gasteiger partial charge in [0.05, 0.1) is 9.82 Å². The van der Waals surface area contributed by atoms with Gasteiger partial charge in [-0.15, -0.1) is 0 Å². The van der Waals surface area contributed by atoms with Crippen LogP contribution in [0.2, 0.25) is 0 Å². The molecule has 0 aliphatic heterocycles. The lowest BCUT2D eigenvalue weighted by atomic mass is 10.0. The number of nitrogens with zero attached hydrogens (tertiary/aromatic N) is 1. The van der Waals surface area contributed by atoms with E-state index in [9.17, 15) is 22.9 Å². The Hall–Kier alpha value is -1.54. The Kier molecular flexibility index (Phi) is 3.55. The van der Waals surface area contributed by atoms with Crippen LogP contribution in [0.15, 0.2) is 23.1 Å². The second-order valence-corrected chi connectivity index (χ2v) is 7.15. The van der Waals surface area contributed by atoms with Gasteiger partial charge >= 0.3 is 5.69 Å². The first-order chi connectivity index (χ1) is 9.13. The molecule has 1 saturated carbocycles. The highest BCUT2D eigenvalue weighted by atomic mass is 32.2. The summed E-state index contributed by atoms with van der Waals surface area (Å²) in [6.45, 7) is 3.54. The molecule has 8 heteroatoms. The second-order valence-electron chi connectivity index (χ2n) is 5.47. The van der Waals surface area contributed by atoms with E-state index in [0.717, 1.165) is 25.0 Å². The van der Waals surface area contributed by atoms with E-state index in [2.05, 4.69) is 4.72 Å². The Balaban J connectivity index is 2.30. The zero-order valence-electron chi connectivity index (χ0n) is 11.1. The molecule has 110 valence electrons. The van der Waals surface area contributed by atoms with Crippen molar-refractivity contribution in [1.82, 2.24) is 4.72 Å². The smallest absolute Gasteiger partial charge is 0.258 e. The molecule has 0 radical (unpaired) electrons. The zero-order valence-corrected chi connectivity index (χ0v) is 11.9. The summed E-state index contributed by atoms with van der Waals surface area (Å²) < 4.78 is 40.4. The van der Waals surface area contributed by atoms with Crippen molar-refractivity contribution < 1.29 is 17.7 Å². The van der Waals surface area contributed by atoms with Gasteiger partial charge in [0.25, 0.3) is 0 Å². The molecule has 1 aromatic carbocycles. The zero-order chi connectivity index (χ0) is 15.1. The van der Waals surface area contributed by atoms with Crippen molar-refractivity contribution in [3.8, 4) is 0 Å². The maximum absolute atomic E-state index is 13.5. The van der Waals surface area contributed by atoms with Gasteiger partial charge in [-0.2, -0.15) is 4.39 Å². The van der Waals surface area contributed by atoms with Gasteiger partial charge in [0.2, 0.25) is 15.8 Å². The molecular formula is C12H15FN2O4S. The Labute approximate surface area is 116 Å². The van der Waals surface area contributed by atoms with Crippen molar-refractivity contribution in [3.05, 3.63) is 34.1 Å². The number of nitrogens with one attached hydrogen (secondary N) is 1. The minimum Gasteiger partial charge on any atom is -0.258 e. The number of rotatable bonds is 5. The molecule has 1 fully saturated rings. The van der Waals surface area contributed by atoms with Gasteiger partial charge in [0.15, 0.2) is 0 Å². The quantitative estimate of drug-likeness (QED) is 0.667. The van der Waals surface area contributed by atoms with Crippen molar-refractivity contribution in [2.45, 2.75) is 37.1 Å². The number of hydrogen-bond donors (Lipinski definition) is 1. The van der Waals surface area contributed by atoms with Crippen LogP contribution in [0.1, 0.15) is 26.7 Å². The fourth-order valence-electron chi connectivity index (χ4n) is 2.10. The summed E-state index contributed by atoms with van der Waals surface area (Å²) >= 11 is 0. The minimum absolute atomic E-state index is 0.264. The monoisotopic (exact) mass is 302 g/mol. The topological polar surface area (TPSA) is 89.3 Å². The molecule has 0 heterocycles. The standard InChI is InChI=1S/C12H15FN2O4S/c1-12(2,8-3-4-8)14-20(18,19)9-5-6-11(15(16)17)10(13)7-9/h5-8,14H,3-4H2,1-2H3. The van der Waals surface area contributed by atoms with Crippen LogP contribution in [0.3, 0.4) is 0 Å². The van der Waals surface area contributed by atoms with Gasteiger partial charge in [0.1, 0.15) is 0 Å². The number of nitro benzene ring substituents is 1. The summed E-state index contributed by atoms with van der Waals surface area (Å²) in [7, 11) is -3.90. The molecule has 1 N–H and O–H groups in total. The van der Waals surface area contributed by atoms with Crippen molar-refractivity contribution in [3.63, 3.8) is 0 Å². The second kappa shape index (κ2) is 4.78. The summed E-state index contributed by atoms with van der Waals surface area (Å²) in [6, 6.07) is 2.56. The van der Waals surface area contributed by atoms with E-state index in [0.29, 0.717) is 6.07 Å². The Morgan fingerprint density at radius 1 is 1.40 bits per heavy atom. The lowest BCUT2D eigenvalue weighted by molar-refractivity contribution is -0.387. The van der Waals surface area contributed by atoms with Gasteiger partial charge in [-0.1, -0.05) is 0 Å². The molecular weight excluding hydrogens is 287 g/mol. The summed E-state index contributed by atoms with van der Waals surface area (Å²) in [6.07, 6.45) is 1.90. The molecule has 0 bridgehead atoms. The molecule has 0 amide bonds. The average Bonchev–Trinajstić information content (AvgIpc) is 3.10. The SMILES string of the molecule is CC(C)(NS(=O)(=O)c1ccc([N+](=O)[O-])c(F)c1)C1CC1. The number of benzene rings is 1. The normalized spacial score (nSPS) is 16.1. The predicted molar refractivity (Wildman–Crippen MR) is 70.2 cm³/mol. The van der Waals surface area contributed by atoms with E-state index in [1.54, 1.807) is 13.8 Å². The predicted octanol–water partition coefficient (Wildman–Crippen LogP) is 2.20. The summed E-state index contributed by atoms with van der Waals surface area (Å²) in [4.78, 5) is 9.30. The average molecular weight is 302 g/mol. The summed E-state index contributed by atoms with van der Waals surface area (Å²) in [5.74, 6) is -0.901. The van der Waals surface area contributed by atoms with Gasteiger partial charge in [0, 0.05) is 17.7 Å². The van der Waals surface area contributed by atoms with Crippen molar-refractivity contribution in [2.75, 3.05) is 0 Å². The Morgan fingerprint density at radius 3 is 2.45 bits per heavy atom. The van der Waals surface area contributed by atoms with Gasteiger partial charge in [-0.25, -0.2) is 13.1 Å². The van der Waals surface area contributed by atoms with Gasteiger partial charge in [-0.05, 0) is 38.7 Å². The highest BCUT2D eigenvalue weighted by Crippen LogP contribution is 2.40. The van der Waals surface area contributed by atoms with Crippen molar-refractivity contribution in [2.24, 2.45) is 5.92 Å². The molecule has 1 aromatic rings. The van der Waals surface area contributed by atoms with E-state index < -0.39 is 32.0 Å². The highest BCUT2D eigenvalue weighted by molar-refractivity contribution is 7.89. The van der Waals surface area contributed by atoms with E-state index in [-0.39, 0.29) is 10.8 Å². The molecule has 0 saturated heterocycles. The molecule has 1 aliphatic carbocycles. The first kappa shape index (κ1) is 14.9. The van der Waals surface area contributed by atoms with Crippen LogP contribution in [0, 0.1) is 21.8 Å². The van der Waals surface area contributed by atoms with Crippen molar-refractivity contribution in [1.29, 1.82) is 0 Å². The largest absolute Gasteiger partial charge is 0.304 e. The third-order valence-corrected chi connectivity index (χ3v) is 5.09. The lowest BCUT2D eigenvalue weighted by Crippen LogP contribution is -2.45. The minimum atomic E-state index is -3.90. The third-order valence-electron chi connectivity index (χ3n) is 3.42. The van der Waals surface area contributed by atoms with E-state index in [1.807, 2.05) is 0 Å². The third kappa shape index (κ3) is 2.96. The molecule has 2 rings (SSSR count).